The molecular formula is C25H23ClN2O3. The smallest absolute Gasteiger partial charge is 0.265 e. The number of ether oxygens (including phenoxy) is 2. The fraction of sp³-hybridized carbons (Fsp3) is 0.0800. The Bertz CT molecular complexity index is 1050. The van der Waals surface area contributed by atoms with Crippen LogP contribution in [0.1, 0.15) is 21.5 Å². The SMILES string of the molecule is NNC(=O)c1ccc(OCc2ccc(OCc3ccccccccc3)cc2)c(Cl)c1. The zero-order valence-corrected chi connectivity index (χ0v) is 17.6. The van der Waals surface area contributed by atoms with Gasteiger partial charge in [-0.25, -0.2) is 5.84 Å². The van der Waals surface area contributed by atoms with Crippen LogP contribution in [0.15, 0.2) is 97.1 Å². The highest BCUT2D eigenvalue weighted by Gasteiger charge is 2.08. The second-order valence-corrected chi connectivity index (χ2v) is 7.00. The summed E-state index contributed by atoms with van der Waals surface area (Å²) in [6, 6.07) is 30.3. The first-order chi connectivity index (χ1) is 15.2. The first kappa shape index (κ1) is 22.2. The monoisotopic (exact) mass is 434 g/mol. The molecule has 0 bridgehead atoms. The largest absolute Gasteiger partial charge is 0.489 e. The number of nitrogen functional groups attached to an aromatic ring is 1. The van der Waals surface area contributed by atoms with Crippen LogP contribution < -0.4 is 20.7 Å². The Morgan fingerprint density at radius 2 is 1.35 bits per heavy atom. The van der Waals surface area contributed by atoms with E-state index in [0.717, 1.165) is 16.9 Å². The fourth-order valence-electron chi connectivity index (χ4n) is 2.68. The molecule has 1 amide bonds. The fourth-order valence-corrected chi connectivity index (χ4v) is 2.92. The lowest BCUT2D eigenvalue weighted by Crippen LogP contribution is -2.29. The molecule has 3 aromatic carbocycles. The molecule has 3 aromatic rings. The maximum absolute atomic E-state index is 11.5. The first-order valence-corrected chi connectivity index (χ1v) is 10.1. The van der Waals surface area contributed by atoms with Gasteiger partial charge in [-0.05, 0) is 41.5 Å². The standard InChI is InChI=1S/C25H23ClN2O3/c26-23-16-21(25(29)28-27)12-15-24(23)31-18-20-10-13-22(14-11-20)30-17-19-8-6-4-2-1-3-5-7-9-19/h1-16H,17-18,27H2,(H,28,29). The van der Waals surface area contributed by atoms with E-state index in [1.165, 1.54) is 6.07 Å². The van der Waals surface area contributed by atoms with Gasteiger partial charge >= 0.3 is 0 Å². The summed E-state index contributed by atoms with van der Waals surface area (Å²) in [5.74, 6) is 5.97. The van der Waals surface area contributed by atoms with E-state index < -0.39 is 5.91 Å². The lowest BCUT2D eigenvalue weighted by atomic mass is 10.2. The van der Waals surface area contributed by atoms with Gasteiger partial charge in [0.05, 0.1) is 5.02 Å². The third-order valence-corrected chi connectivity index (χ3v) is 4.63. The van der Waals surface area contributed by atoms with Gasteiger partial charge in [0.15, 0.2) is 0 Å². The van der Waals surface area contributed by atoms with Gasteiger partial charge in [-0.2, -0.15) is 0 Å². The molecule has 6 heteroatoms. The molecule has 31 heavy (non-hydrogen) atoms. The van der Waals surface area contributed by atoms with E-state index in [4.69, 9.17) is 26.9 Å². The van der Waals surface area contributed by atoms with Crippen molar-refractivity contribution >= 4 is 17.5 Å². The maximum Gasteiger partial charge on any atom is 0.265 e. The summed E-state index contributed by atoms with van der Waals surface area (Å²) in [5, 5.41) is 0.340. The van der Waals surface area contributed by atoms with E-state index in [-0.39, 0.29) is 0 Å². The number of hydrogen-bond donors (Lipinski definition) is 2. The van der Waals surface area contributed by atoms with Crippen molar-refractivity contribution in [2.75, 3.05) is 0 Å². The molecule has 0 aromatic heterocycles. The van der Waals surface area contributed by atoms with Crippen molar-refractivity contribution in [3.8, 4) is 11.5 Å². The van der Waals surface area contributed by atoms with Crippen molar-refractivity contribution in [2.45, 2.75) is 13.2 Å². The molecule has 0 aliphatic rings. The van der Waals surface area contributed by atoms with Gasteiger partial charge in [0.2, 0.25) is 0 Å². The zero-order valence-electron chi connectivity index (χ0n) is 16.8. The summed E-state index contributed by atoms with van der Waals surface area (Å²) in [7, 11) is 0. The van der Waals surface area contributed by atoms with Gasteiger partial charge in [0.25, 0.3) is 5.91 Å². The molecule has 0 aliphatic carbocycles. The van der Waals surface area contributed by atoms with Crippen LogP contribution in [-0.4, -0.2) is 5.91 Å². The number of nitrogens with one attached hydrogen (secondary N) is 1. The number of carbonyl (C=O) groups is 1. The Hall–Kier alpha value is -3.54. The number of hydrogen-bond acceptors (Lipinski definition) is 4. The van der Waals surface area contributed by atoms with E-state index in [1.807, 2.05) is 78.9 Å². The predicted molar refractivity (Wildman–Crippen MR) is 122 cm³/mol. The normalized spacial score (nSPS) is 10.0. The maximum atomic E-state index is 11.5. The lowest BCUT2D eigenvalue weighted by Gasteiger charge is -2.10. The van der Waals surface area contributed by atoms with Crippen molar-refractivity contribution < 1.29 is 14.3 Å². The average Bonchev–Trinajstić information content (AvgIpc) is 2.80. The summed E-state index contributed by atoms with van der Waals surface area (Å²) in [4.78, 5) is 11.5. The summed E-state index contributed by atoms with van der Waals surface area (Å²) < 4.78 is 11.7. The third kappa shape index (κ3) is 7.03. The molecule has 0 heterocycles. The quantitative estimate of drug-likeness (QED) is 0.303. The Morgan fingerprint density at radius 3 is 1.97 bits per heavy atom. The Balaban J connectivity index is 1.57. The number of carbonyl (C=O) groups excluding carboxylic acids is 1. The van der Waals surface area contributed by atoms with Crippen LogP contribution in [-0.2, 0) is 13.2 Å². The van der Waals surface area contributed by atoms with Crippen LogP contribution in [0.25, 0.3) is 0 Å². The minimum Gasteiger partial charge on any atom is -0.489 e. The highest BCUT2D eigenvalue weighted by Crippen LogP contribution is 2.26. The van der Waals surface area contributed by atoms with Crippen molar-refractivity contribution in [2.24, 2.45) is 5.84 Å². The molecule has 5 nitrogen and oxygen atoms in total. The molecule has 0 unspecified atom stereocenters. The highest BCUT2D eigenvalue weighted by atomic mass is 35.5. The molecule has 0 saturated carbocycles. The molecule has 0 spiro atoms. The van der Waals surface area contributed by atoms with Crippen LogP contribution in [0, 0.1) is 0 Å². The van der Waals surface area contributed by atoms with Gasteiger partial charge in [-0.1, -0.05) is 78.3 Å². The van der Waals surface area contributed by atoms with Crippen LogP contribution in [0.2, 0.25) is 5.02 Å². The van der Waals surface area contributed by atoms with Gasteiger partial charge in [-0.3, -0.25) is 10.2 Å². The molecule has 158 valence electrons. The van der Waals surface area contributed by atoms with E-state index in [1.54, 1.807) is 12.1 Å². The van der Waals surface area contributed by atoms with Crippen molar-refractivity contribution in [1.29, 1.82) is 0 Å². The van der Waals surface area contributed by atoms with Gasteiger partial charge in [-0.15, -0.1) is 0 Å². The molecule has 0 radical (unpaired) electrons. The first-order valence-electron chi connectivity index (χ1n) is 9.68. The average molecular weight is 435 g/mol. The van der Waals surface area contributed by atoms with Crippen LogP contribution in [0.4, 0.5) is 0 Å². The van der Waals surface area contributed by atoms with Gasteiger partial charge < -0.3 is 9.47 Å². The number of amides is 1. The molecule has 0 saturated heterocycles. The molecule has 3 rings (SSSR count). The number of hydrazine groups is 1. The van der Waals surface area contributed by atoms with Crippen molar-refractivity contribution in [1.82, 2.24) is 5.43 Å². The molecular weight excluding hydrogens is 412 g/mol. The number of nitrogens with two attached hydrogens (primary N) is 1. The topological polar surface area (TPSA) is 73.6 Å². The second kappa shape index (κ2) is 11.6. The van der Waals surface area contributed by atoms with Gasteiger partial charge in [0.1, 0.15) is 24.7 Å². The minimum atomic E-state index is -0.412. The van der Waals surface area contributed by atoms with Crippen LogP contribution in [0.3, 0.4) is 0 Å². The van der Waals surface area contributed by atoms with E-state index in [2.05, 4.69) is 5.43 Å². The van der Waals surface area contributed by atoms with Crippen molar-refractivity contribution in [3.05, 3.63) is 119 Å². The molecule has 3 N–H and O–H groups in total. The minimum absolute atomic E-state index is 0.334. The summed E-state index contributed by atoms with van der Waals surface area (Å²) in [6.45, 7) is 0.799. The molecule has 0 fully saturated rings. The molecule has 0 atom stereocenters. The Kier molecular flexibility index (Phi) is 8.29. The predicted octanol–water partition coefficient (Wildman–Crippen LogP) is 5.23. The van der Waals surface area contributed by atoms with Crippen LogP contribution >= 0.6 is 11.6 Å². The van der Waals surface area contributed by atoms with Gasteiger partial charge in [0, 0.05) is 5.56 Å². The molecule has 0 aliphatic heterocycles. The number of halogens is 1. The van der Waals surface area contributed by atoms with Crippen molar-refractivity contribution in [3.63, 3.8) is 0 Å². The third-order valence-electron chi connectivity index (χ3n) is 4.34. The summed E-state index contributed by atoms with van der Waals surface area (Å²) >= 11 is 6.19. The van der Waals surface area contributed by atoms with Crippen LogP contribution in [0.5, 0.6) is 11.5 Å². The van der Waals surface area contributed by atoms with E-state index in [9.17, 15) is 4.79 Å². The highest BCUT2D eigenvalue weighted by molar-refractivity contribution is 6.32. The Labute approximate surface area is 186 Å². The summed E-state index contributed by atoms with van der Waals surface area (Å²) in [5.41, 5.74) is 4.46. The second-order valence-electron chi connectivity index (χ2n) is 6.60. The lowest BCUT2D eigenvalue weighted by molar-refractivity contribution is 0.0953. The number of benzene rings is 2. The number of rotatable bonds is 7. The Morgan fingerprint density at radius 1 is 0.774 bits per heavy atom. The van der Waals surface area contributed by atoms with E-state index >= 15 is 0 Å². The zero-order chi connectivity index (χ0) is 21.9. The summed E-state index contributed by atoms with van der Waals surface area (Å²) in [6.07, 6.45) is 0. The van der Waals surface area contributed by atoms with E-state index in [0.29, 0.717) is 29.5 Å².